The monoisotopic (exact) mass is 623 g/mol. The fourth-order valence-corrected chi connectivity index (χ4v) is 7.83. The predicted octanol–water partition coefficient (Wildman–Crippen LogP) is 7.18. The van der Waals surface area contributed by atoms with Crippen LogP contribution >= 0.6 is 0 Å². The van der Waals surface area contributed by atoms with Crippen molar-refractivity contribution >= 4 is 37.8 Å². The van der Waals surface area contributed by atoms with Crippen LogP contribution in [0.1, 0.15) is 47.3 Å². The van der Waals surface area contributed by atoms with Crippen LogP contribution in [0.25, 0.3) is 38.6 Å². The third kappa shape index (κ3) is 4.81. The number of aromatic nitrogens is 3. The lowest BCUT2D eigenvalue weighted by molar-refractivity contribution is 0.0697. The topological polar surface area (TPSA) is 103 Å². The van der Waals surface area contributed by atoms with Gasteiger partial charge in [-0.25, -0.2) is 9.18 Å². The summed E-state index contributed by atoms with van der Waals surface area (Å²) < 4.78 is 50.6. The summed E-state index contributed by atoms with van der Waals surface area (Å²) in [6, 6.07) is 23.3. The molecule has 8 nitrogen and oxygen atoms in total. The van der Waals surface area contributed by atoms with Crippen LogP contribution in [-0.4, -0.2) is 46.5 Å². The van der Waals surface area contributed by atoms with Gasteiger partial charge in [0, 0.05) is 52.4 Å². The fourth-order valence-electron chi connectivity index (χ4n) is 6.54. The zero-order valence-corrected chi connectivity index (χ0v) is 25.3. The highest BCUT2D eigenvalue weighted by Crippen LogP contribution is 2.47. The number of nitrogens with zero attached hydrogens (tertiary/aromatic N) is 3. The van der Waals surface area contributed by atoms with E-state index in [1.54, 1.807) is 48.5 Å². The van der Waals surface area contributed by atoms with Gasteiger partial charge in [-0.15, -0.1) is 0 Å². The second-order valence-electron chi connectivity index (χ2n) is 11.2. The number of ether oxygens (including phenoxy) is 1. The van der Waals surface area contributed by atoms with E-state index in [9.17, 15) is 22.7 Å². The van der Waals surface area contributed by atoms with Crippen LogP contribution in [0.15, 0.2) is 96.0 Å². The Morgan fingerprint density at radius 1 is 0.956 bits per heavy atom. The highest BCUT2D eigenvalue weighted by atomic mass is 32.2. The van der Waals surface area contributed by atoms with Gasteiger partial charge in [0.25, 0.3) is 10.0 Å². The Balaban J connectivity index is 1.65. The van der Waals surface area contributed by atoms with Crippen molar-refractivity contribution in [1.82, 2.24) is 13.8 Å². The van der Waals surface area contributed by atoms with Gasteiger partial charge in [-0.3, -0.25) is 0 Å². The van der Waals surface area contributed by atoms with E-state index in [1.807, 2.05) is 19.1 Å². The number of aryl methyl sites for hydroxylation is 1. The Kier molecular flexibility index (Phi) is 7.26. The minimum absolute atomic E-state index is 0.00887. The van der Waals surface area contributed by atoms with Crippen molar-refractivity contribution in [3.8, 4) is 16.8 Å². The lowest BCUT2D eigenvalue weighted by Gasteiger charge is -2.26. The minimum Gasteiger partial charge on any atom is -0.478 e. The molecule has 3 heterocycles. The summed E-state index contributed by atoms with van der Waals surface area (Å²) in [4.78, 5) is 12.9. The maximum atomic E-state index is 14.2. The molecule has 4 aromatic carbocycles. The lowest BCUT2D eigenvalue weighted by atomic mass is 9.85. The molecule has 0 spiro atoms. The van der Waals surface area contributed by atoms with Crippen LogP contribution in [0.2, 0.25) is 0 Å². The van der Waals surface area contributed by atoms with Crippen LogP contribution in [0.5, 0.6) is 0 Å². The van der Waals surface area contributed by atoms with Gasteiger partial charge in [-0.1, -0.05) is 37.3 Å². The fraction of sp³-hybridized carbons (Fsp3) is 0.200. The molecule has 1 N–H and O–H groups in total. The van der Waals surface area contributed by atoms with Crippen LogP contribution in [0.3, 0.4) is 0 Å². The maximum absolute atomic E-state index is 14.2. The Morgan fingerprint density at radius 3 is 2.38 bits per heavy atom. The average Bonchev–Trinajstić information content (AvgIpc) is 3.63. The van der Waals surface area contributed by atoms with Crippen molar-refractivity contribution in [2.75, 3.05) is 13.2 Å². The molecule has 0 radical (unpaired) electrons. The highest BCUT2D eigenvalue weighted by Gasteiger charge is 2.32. The standard InChI is InChI=1S/C35H30FN3O5S/c1-2-22-7-6-10-28(35(40)41)32(22)33-29-20-30-24(21-37-39(30)45(42,43)27-8-4-3-5-9-27)19-31(29)38(26-13-11-25(36)12-14-26)34(33)23-15-17-44-18-16-23/h3-14,19-21,23H,2,15-18H2,1H3,(H,40,41). The van der Waals surface area contributed by atoms with Gasteiger partial charge in [-0.05, 0) is 79.4 Å². The van der Waals surface area contributed by atoms with E-state index < -0.39 is 16.0 Å². The maximum Gasteiger partial charge on any atom is 0.336 e. The average molecular weight is 624 g/mol. The first-order valence-corrected chi connectivity index (χ1v) is 16.3. The van der Waals surface area contributed by atoms with Crippen LogP contribution in [-0.2, 0) is 21.2 Å². The van der Waals surface area contributed by atoms with E-state index in [0.29, 0.717) is 60.0 Å². The molecule has 0 saturated carbocycles. The zero-order valence-electron chi connectivity index (χ0n) is 24.5. The molecule has 0 bridgehead atoms. The van der Waals surface area contributed by atoms with Crippen LogP contribution < -0.4 is 0 Å². The largest absolute Gasteiger partial charge is 0.478 e. The second kappa shape index (κ2) is 11.3. The number of fused-ring (bicyclic) bond motifs is 2. The van der Waals surface area contributed by atoms with Gasteiger partial charge in [0.15, 0.2) is 0 Å². The van der Waals surface area contributed by atoms with Crippen molar-refractivity contribution in [2.45, 2.75) is 37.0 Å². The number of rotatable bonds is 7. The molecule has 0 aliphatic carbocycles. The number of hydrogen-bond acceptors (Lipinski definition) is 5. The van der Waals surface area contributed by atoms with Gasteiger partial charge >= 0.3 is 5.97 Å². The van der Waals surface area contributed by atoms with Gasteiger partial charge in [0.1, 0.15) is 5.82 Å². The Bertz CT molecular complexity index is 2180. The number of carboxylic acids is 1. The highest BCUT2D eigenvalue weighted by molar-refractivity contribution is 7.90. The molecule has 1 aliphatic rings. The number of carbonyl (C=O) groups is 1. The molecule has 0 unspecified atom stereocenters. The predicted molar refractivity (Wildman–Crippen MR) is 170 cm³/mol. The van der Waals surface area contributed by atoms with Crippen molar-refractivity contribution < 1.29 is 27.4 Å². The van der Waals surface area contributed by atoms with E-state index in [4.69, 9.17) is 4.74 Å². The molecule has 6 aromatic rings. The van der Waals surface area contributed by atoms with E-state index in [2.05, 4.69) is 9.67 Å². The Hall–Kier alpha value is -4.80. The van der Waals surface area contributed by atoms with Crippen molar-refractivity contribution in [2.24, 2.45) is 0 Å². The Labute approximate surface area is 259 Å². The molecule has 45 heavy (non-hydrogen) atoms. The summed E-state index contributed by atoms with van der Waals surface area (Å²) in [5.74, 6) is -1.44. The zero-order chi connectivity index (χ0) is 31.3. The summed E-state index contributed by atoms with van der Waals surface area (Å²) in [6.07, 6.45) is 3.51. The first-order chi connectivity index (χ1) is 21.8. The van der Waals surface area contributed by atoms with E-state index in [-0.39, 0.29) is 22.2 Å². The van der Waals surface area contributed by atoms with Crippen molar-refractivity contribution in [1.29, 1.82) is 0 Å². The quantitative estimate of drug-likeness (QED) is 0.202. The van der Waals surface area contributed by atoms with Gasteiger partial charge in [0.2, 0.25) is 0 Å². The van der Waals surface area contributed by atoms with Gasteiger partial charge in [0.05, 0.1) is 27.7 Å². The second-order valence-corrected chi connectivity index (χ2v) is 13.0. The number of carboxylic acid groups (broad SMARTS) is 1. The summed E-state index contributed by atoms with van der Waals surface area (Å²) in [6.45, 7) is 3.07. The van der Waals surface area contributed by atoms with E-state index in [0.717, 1.165) is 26.4 Å². The number of benzene rings is 4. The molecule has 10 heteroatoms. The molecule has 228 valence electrons. The third-order valence-corrected chi connectivity index (χ3v) is 10.2. The summed E-state index contributed by atoms with van der Waals surface area (Å²) in [7, 11) is -4.04. The molecule has 7 rings (SSSR count). The van der Waals surface area contributed by atoms with Crippen molar-refractivity contribution in [3.63, 3.8) is 0 Å². The molecule has 1 aliphatic heterocycles. The summed E-state index contributed by atoms with van der Waals surface area (Å²) in [5, 5.41) is 16.0. The van der Waals surface area contributed by atoms with E-state index in [1.165, 1.54) is 30.5 Å². The molecule has 0 amide bonds. The van der Waals surface area contributed by atoms with Gasteiger partial charge < -0.3 is 14.4 Å². The van der Waals surface area contributed by atoms with Crippen molar-refractivity contribution in [3.05, 3.63) is 114 Å². The Morgan fingerprint density at radius 2 is 1.69 bits per heavy atom. The molecular formula is C35H30FN3O5S. The molecule has 1 saturated heterocycles. The van der Waals surface area contributed by atoms with Gasteiger partial charge in [-0.2, -0.15) is 17.6 Å². The van der Waals surface area contributed by atoms with E-state index >= 15 is 0 Å². The lowest BCUT2D eigenvalue weighted by Crippen LogP contribution is -2.18. The molecule has 2 aromatic heterocycles. The SMILES string of the molecule is CCc1cccc(C(=O)O)c1-c1c(C2CCOCC2)n(-c2ccc(F)cc2)c2cc3cnn(S(=O)(=O)c4ccccc4)c3cc12. The minimum atomic E-state index is -4.04. The first kappa shape index (κ1) is 28.9. The van der Waals surface area contributed by atoms with Crippen LogP contribution in [0.4, 0.5) is 4.39 Å². The first-order valence-electron chi connectivity index (χ1n) is 14.9. The number of halogens is 1. The van der Waals surface area contributed by atoms with Crippen LogP contribution in [0, 0.1) is 5.82 Å². The molecule has 0 atom stereocenters. The smallest absolute Gasteiger partial charge is 0.336 e. The number of aromatic carboxylic acids is 1. The number of hydrogen-bond donors (Lipinski definition) is 1. The summed E-state index contributed by atoms with van der Waals surface area (Å²) >= 11 is 0. The normalized spacial score (nSPS) is 14.4. The third-order valence-electron chi connectivity index (χ3n) is 8.63. The molecule has 1 fully saturated rings. The summed E-state index contributed by atoms with van der Waals surface area (Å²) in [5.41, 5.74) is 5.04. The molecular weight excluding hydrogens is 593 g/mol.